The minimum Gasteiger partial charge on any atom is -0.466 e. The fourth-order valence-corrected chi connectivity index (χ4v) is 2.75. The van der Waals surface area contributed by atoms with E-state index in [0.29, 0.717) is 10.7 Å². The number of para-hydroxylation sites is 1. The number of nitrogens with one attached hydrogen (secondary N) is 1. The molecule has 1 aromatic rings. The van der Waals surface area contributed by atoms with Gasteiger partial charge in [0.15, 0.2) is 0 Å². The van der Waals surface area contributed by atoms with Crippen LogP contribution in [0.25, 0.3) is 0 Å². The highest BCUT2D eigenvalue weighted by molar-refractivity contribution is 6.34. The van der Waals surface area contributed by atoms with Crippen LogP contribution < -0.4 is 10.2 Å². The lowest BCUT2D eigenvalue weighted by Gasteiger charge is -2.23. The molecule has 1 fully saturated rings. The highest BCUT2D eigenvalue weighted by Crippen LogP contribution is 2.36. The molecule has 0 aliphatic carbocycles. The molecule has 0 bridgehead atoms. The van der Waals surface area contributed by atoms with Crippen molar-refractivity contribution in [1.29, 1.82) is 0 Å². The van der Waals surface area contributed by atoms with Crippen molar-refractivity contribution < 1.29 is 19.1 Å². The first kappa shape index (κ1) is 17.1. The lowest BCUT2D eigenvalue weighted by Crippen LogP contribution is -2.21. The molecule has 1 aliphatic rings. The Morgan fingerprint density at radius 2 is 1.91 bits per heavy atom. The second-order valence-corrected chi connectivity index (χ2v) is 5.44. The van der Waals surface area contributed by atoms with Crippen molar-refractivity contribution in [2.45, 2.75) is 12.8 Å². The molecule has 0 unspecified atom stereocenters. The molecule has 0 saturated carbocycles. The molecule has 0 spiro atoms. The van der Waals surface area contributed by atoms with Crippen molar-refractivity contribution in [1.82, 2.24) is 0 Å². The summed E-state index contributed by atoms with van der Waals surface area (Å²) in [6.45, 7) is 1.79. The molecule has 0 aromatic heterocycles. The summed E-state index contributed by atoms with van der Waals surface area (Å²) in [5, 5.41) is 3.52. The van der Waals surface area contributed by atoms with Gasteiger partial charge >= 0.3 is 11.9 Å². The summed E-state index contributed by atoms with van der Waals surface area (Å²) < 4.78 is 9.27. The molecule has 7 heteroatoms. The Kier molecular flexibility index (Phi) is 5.87. The standard InChI is InChI=1S/C16H19ClN2O4/c1-22-14(20)10-13(16(21)23-2)18-12-7-5-6-11(17)15(12)19-8-3-4-9-19/h5-7,10,18H,3-4,8-9H2,1-2H3/b13-10+. The SMILES string of the molecule is COC(=O)/C=C(/Nc1cccc(Cl)c1N1CCCC1)C(=O)OC. The Hall–Kier alpha value is -2.21. The fraction of sp³-hybridized carbons (Fsp3) is 0.375. The van der Waals surface area contributed by atoms with Crippen molar-refractivity contribution >= 4 is 34.9 Å². The number of benzene rings is 1. The van der Waals surface area contributed by atoms with Crippen molar-refractivity contribution in [2.75, 3.05) is 37.5 Å². The average Bonchev–Trinajstić information content (AvgIpc) is 3.07. The maximum atomic E-state index is 11.9. The number of hydrogen-bond acceptors (Lipinski definition) is 6. The third-order valence-electron chi connectivity index (χ3n) is 3.55. The molecule has 1 aliphatic heterocycles. The Bertz CT molecular complexity index is 625. The van der Waals surface area contributed by atoms with Gasteiger partial charge in [-0.25, -0.2) is 9.59 Å². The highest BCUT2D eigenvalue weighted by Gasteiger charge is 2.21. The van der Waals surface area contributed by atoms with Gasteiger partial charge in [0, 0.05) is 13.1 Å². The zero-order valence-corrected chi connectivity index (χ0v) is 13.9. The van der Waals surface area contributed by atoms with Crippen LogP contribution in [0.2, 0.25) is 5.02 Å². The van der Waals surface area contributed by atoms with E-state index >= 15 is 0 Å². The Balaban J connectivity index is 2.36. The molecule has 1 aromatic carbocycles. The van der Waals surface area contributed by atoms with E-state index in [4.69, 9.17) is 16.3 Å². The van der Waals surface area contributed by atoms with Crippen LogP contribution in [0.4, 0.5) is 11.4 Å². The number of hydrogen-bond donors (Lipinski definition) is 1. The third-order valence-corrected chi connectivity index (χ3v) is 3.85. The van der Waals surface area contributed by atoms with Crippen LogP contribution in [0.15, 0.2) is 30.0 Å². The topological polar surface area (TPSA) is 67.9 Å². The van der Waals surface area contributed by atoms with E-state index in [1.807, 2.05) is 0 Å². The van der Waals surface area contributed by atoms with Crippen LogP contribution in [-0.2, 0) is 19.1 Å². The van der Waals surface area contributed by atoms with Crippen LogP contribution in [0.3, 0.4) is 0 Å². The molecule has 1 heterocycles. The van der Waals surface area contributed by atoms with Crippen molar-refractivity contribution in [3.63, 3.8) is 0 Å². The molecule has 1 saturated heterocycles. The van der Waals surface area contributed by atoms with Gasteiger partial charge in [-0.2, -0.15) is 0 Å². The van der Waals surface area contributed by atoms with E-state index in [9.17, 15) is 9.59 Å². The first-order valence-electron chi connectivity index (χ1n) is 7.25. The number of methoxy groups -OCH3 is 2. The minimum atomic E-state index is -0.664. The second-order valence-electron chi connectivity index (χ2n) is 5.03. The molecule has 2 rings (SSSR count). The number of carbonyl (C=O) groups excluding carboxylic acids is 2. The van der Waals surface area contributed by atoms with Gasteiger partial charge in [0.2, 0.25) is 0 Å². The van der Waals surface area contributed by atoms with Crippen LogP contribution in [0, 0.1) is 0 Å². The maximum absolute atomic E-state index is 11.9. The van der Waals surface area contributed by atoms with E-state index in [1.165, 1.54) is 14.2 Å². The number of nitrogens with zero attached hydrogens (tertiary/aromatic N) is 1. The number of ether oxygens (including phenoxy) is 2. The Labute approximate surface area is 140 Å². The minimum absolute atomic E-state index is 0.0120. The normalized spacial score (nSPS) is 14.6. The molecule has 0 amide bonds. The summed E-state index contributed by atoms with van der Waals surface area (Å²) in [7, 11) is 2.48. The molecular weight excluding hydrogens is 320 g/mol. The van der Waals surface area contributed by atoms with Gasteiger partial charge in [-0.1, -0.05) is 17.7 Å². The van der Waals surface area contributed by atoms with E-state index in [-0.39, 0.29) is 5.70 Å². The van der Waals surface area contributed by atoms with Gasteiger partial charge in [0.25, 0.3) is 0 Å². The number of carbonyl (C=O) groups is 2. The molecular formula is C16H19ClN2O4. The summed E-state index contributed by atoms with van der Waals surface area (Å²) in [4.78, 5) is 25.5. The summed E-state index contributed by atoms with van der Waals surface area (Å²) in [6, 6.07) is 5.37. The molecule has 23 heavy (non-hydrogen) atoms. The first-order chi connectivity index (χ1) is 11.1. The number of rotatable bonds is 5. The van der Waals surface area contributed by atoms with Crippen LogP contribution >= 0.6 is 11.6 Å². The lowest BCUT2D eigenvalue weighted by atomic mass is 10.2. The Morgan fingerprint density at radius 3 is 2.52 bits per heavy atom. The van der Waals surface area contributed by atoms with Crippen molar-refractivity contribution in [2.24, 2.45) is 0 Å². The summed E-state index contributed by atoms with van der Waals surface area (Å²) in [6.07, 6.45) is 3.24. The van der Waals surface area contributed by atoms with Gasteiger partial charge in [0.1, 0.15) is 5.70 Å². The smallest absolute Gasteiger partial charge is 0.354 e. The van der Waals surface area contributed by atoms with Gasteiger partial charge < -0.3 is 19.7 Å². The molecule has 0 radical (unpaired) electrons. The van der Waals surface area contributed by atoms with Gasteiger partial charge in [-0.15, -0.1) is 0 Å². The van der Waals surface area contributed by atoms with Gasteiger partial charge in [-0.05, 0) is 25.0 Å². The predicted octanol–water partition coefficient (Wildman–Crippen LogP) is 2.58. The lowest BCUT2D eigenvalue weighted by molar-refractivity contribution is -0.138. The highest BCUT2D eigenvalue weighted by atomic mass is 35.5. The number of esters is 2. The fourth-order valence-electron chi connectivity index (χ4n) is 2.46. The monoisotopic (exact) mass is 338 g/mol. The zero-order valence-electron chi connectivity index (χ0n) is 13.1. The predicted molar refractivity (Wildman–Crippen MR) is 88.6 cm³/mol. The molecule has 124 valence electrons. The molecule has 6 nitrogen and oxygen atoms in total. The number of anilines is 2. The van der Waals surface area contributed by atoms with E-state index in [0.717, 1.165) is 37.7 Å². The summed E-state index contributed by atoms with van der Waals surface area (Å²) in [5.74, 6) is -1.31. The number of halogens is 1. The van der Waals surface area contributed by atoms with Crippen molar-refractivity contribution in [3.05, 3.63) is 35.0 Å². The maximum Gasteiger partial charge on any atom is 0.354 e. The quantitative estimate of drug-likeness (QED) is 0.657. The molecule has 0 atom stereocenters. The summed E-state index contributed by atoms with van der Waals surface area (Å²) in [5.41, 5.74) is 1.44. The second kappa shape index (κ2) is 7.87. The zero-order chi connectivity index (χ0) is 16.8. The Morgan fingerprint density at radius 1 is 1.22 bits per heavy atom. The average molecular weight is 339 g/mol. The van der Waals surface area contributed by atoms with E-state index in [2.05, 4.69) is 15.0 Å². The third kappa shape index (κ3) is 4.16. The van der Waals surface area contributed by atoms with Gasteiger partial charge in [-0.3, -0.25) is 0 Å². The van der Waals surface area contributed by atoms with Crippen LogP contribution in [0.1, 0.15) is 12.8 Å². The molecule has 1 N–H and O–H groups in total. The van der Waals surface area contributed by atoms with Crippen LogP contribution in [0.5, 0.6) is 0 Å². The van der Waals surface area contributed by atoms with E-state index in [1.54, 1.807) is 18.2 Å². The van der Waals surface area contributed by atoms with Gasteiger partial charge in [0.05, 0.1) is 36.7 Å². The largest absolute Gasteiger partial charge is 0.466 e. The summed E-state index contributed by atoms with van der Waals surface area (Å²) >= 11 is 6.33. The van der Waals surface area contributed by atoms with E-state index < -0.39 is 11.9 Å². The van der Waals surface area contributed by atoms with Crippen LogP contribution in [-0.4, -0.2) is 39.2 Å². The van der Waals surface area contributed by atoms with Crippen molar-refractivity contribution in [3.8, 4) is 0 Å². The first-order valence-corrected chi connectivity index (χ1v) is 7.63.